The van der Waals surface area contributed by atoms with Gasteiger partial charge in [-0.05, 0) is 19.1 Å². The van der Waals surface area contributed by atoms with E-state index in [1.807, 2.05) is 0 Å². The number of aliphatic carboxylic acids is 1. The number of amides is 1. The lowest BCUT2D eigenvalue weighted by molar-refractivity contribution is -0.144. The fourth-order valence-corrected chi connectivity index (χ4v) is 1.98. The Hall–Kier alpha value is -1.95. The second-order valence-electron chi connectivity index (χ2n) is 4.63. The first-order valence-electron chi connectivity index (χ1n) is 5.84. The summed E-state index contributed by atoms with van der Waals surface area (Å²) in [4.78, 5) is 23.3. The number of carboxylic acids is 1. The minimum Gasteiger partial charge on any atom is -0.479 e. The lowest BCUT2D eigenvalue weighted by Gasteiger charge is -2.23. The quantitative estimate of drug-likeness (QED) is 0.860. The van der Waals surface area contributed by atoms with Crippen LogP contribution in [0, 0.1) is 12.7 Å². The van der Waals surface area contributed by atoms with Crippen LogP contribution in [-0.4, -0.2) is 35.7 Å². The van der Waals surface area contributed by atoms with Crippen LogP contribution >= 0.6 is 0 Å². The average molecular weight is 267 g/mol. The number of halogens is 1. The number of rotatable bonds is 3. The predicted octanol–water partition coefficient (Wildman–Crippen LogP) is 1.11. The maximum atomic E-state index is 13.6. The summed E-state index contributed by atoms with van der Waals surface area (Å²) in [5, 5.41) is 11.6. The Bertz CT molecular complexity index is 523. The van der Waals surface area contributed by atoms with Gasteiger partial charge in [-0.1, -0.05) is 11.6 Å². The zero-order valence-corrected chi connectivity index (χ0v) is 10.4. The molecule has 1 fully saturated rings. The van der Waals surface area contributed by atoms with Gasteiger partial charge in [0, 0.05) is 13.0 Å². The van der Waals surface area contributed by atoms with Crippen LogP contribution in [0.15, 0.2) is 18.2 Å². The van der Waals surface area contributed by atoms with Crippen molar-refractivity contribution in [3.8, 4) is 0 Å². The molecule has 0 radical (unpaired) electrons. The minimum atomic E-state index is -1.47. The van der Waals surface area contributed by atoms with Crippen LogP contribution in [0.5, 0.6) is 0 Å². The van der Waals surface area contributed by atoms with E-state index in [0.717, 1.165) is 5.56 Å². The number of ether oxygens (including phenoxy) is 1. The van der Waals surface area contributed by atoms with E-state index in [-0.39, 0.29) is 25.2 Å². The smallest absolute Gasteiger partial charge is 0.331 e. The molecular weight excluding hydrogens is 253 g/mol. The number of benzene rings is 1. The summed E-state index contributed by atoms with van der Waals surface area (Å²) in [6.07, 6.45) is 0.168. The summed E-state index contributed by atoms with van der Waals surface area (Å²) in [5.41, 5.74) is -0.904. The maximum Gasteiger partial charge on any atom is 0.331 e. The lowest BCUT2D eigenvalue weighted by Crippen LogP contribution is -2.55. The van der Waals surface area contributed by atoms with E-state index < -0.39 is 23.2 Å². The Balaban J connectivity index is 2.25. The lowest BCUT2D eigenvalue weighted by atomic mass is 9.98. The molecule has 1 saturated heterocycles. The molecular formula is C13H14FNO4. The molecule has 1 amide bonds. The van der Waals surface area contributed by atoms with E-state index in [4.69, 9.17) is 4.74 Å². The van der Waals surface area contributed by atoms with Gasteiger partial charge in [0.2, 0.25) is 0 Å². The highest BCUT2D eigenvalue weighted by atomic mass is 19.1. The molecule has 1 aliphatic heterocycles. The first-order valence-corrected chi connectivity index (χ1v) is 5.84. The van der Waals surface area contributed by atoms with Crippen molar-refractivity contribution in [1.29, 1.82) is 0 Å². The fraction of sp³-hybridized carbons (Fsp3) is 0.385. The van der Waals surface area contributed by atoms with E-state index in [9.17, 15) is 19.1 Å². The third kappa shape index (κ3) is 2.58. The van der Waals surface area contributed by atoms with Crippen LogP contribution in [0.1, 0.15) is 22.3 Å². The van der Waals surface area contributed by atoms with E-state index >= 15 is 0 Å². The van der Waals surface area contributed by atoms with Crippen LogP contribution in [0.2, 0.25) is 0 Å². The van der Waals surface area contributed by atoms with Crippen LogP contribution in [0.3, 0.4) is 0 Å². The van der Waals surface area contributed by atoms with Crippen LogP contribution in [0.25, 0.3) is 0 Å². The third-order valence-corrected chi connectivity index (χ3v) is 3.15. The van der Waals surface area contributed by atoms with E-state index in [1.54, 1.807) is 6.92 Å². The molecule has 6 heteroatoms. The Morgan fingerprint density at radius 3 is 2.79 bits per heavy atom. The topological polar surface area (TPSA) is 75.6 Å². The molecule has 1 aromatic carbocycles. The monoisotopic (exact) mass is 267 g/mol. The number of carboxylic acid groups (broad SMARTS) is 1. The number of carbonyl (C=O) groups excluding carboxylic acids is 1. The molecule has 0 aliphatic carbocycles. The molecule has 0 spiro atoms. The summed E-state index contributed by atoms with van der Waals surface area (Å²) < 4.78 is 18.6. The first-order chi connectivity index (χ1) is 8.94. The summed E-state index contributed by atoms with van der Waals surface area (Å²) >= 11 is 0. The molecule has 1 aromatic rings. The van der Waals surface area contributed by atoms with Crippen LogP contribution in [0.4, 0.5) is 4.39 Å². The normalized spacial score (nSPS) is 22.2. The van der Waals surface area contributed by atoms with Gasteiger partial charge in [-0.25, -0.2) is 9.18 Å². The van der Waals surface area contributed by atoms with Crippen molar-refractivity contribution in [3.05, 3.63) is 35.1 Å². The van der Waals surface area contributed by atoms with Crippen molar-refractivity contribution in [3.63, 3.8) is 0 Å². The van der Waals surface area contributed by atoms with Gasteiger partial charge in [0.05, 0.1) is 12.2 Å². The van der Waals surface area contributed by atoms with Crippen molar-refractivity contribution in [2.75, 3.05) is 13.2 Å². The Kier molecular flexibility index (Phi) is 3.53. The molecule has 0 aromatic heterocycles. The van der Waals surface area contributed by atoms with Crippen LogP contribution in [-0.2, 0) is 9.53 Å². The van der Waals surface area contributed by atoms with Crippen molar-refractivity contribution in [1.82, 2.24) is 5.32 Å². The van der Waals surface area contributed by atoms with Gasteiger partial charge in [0.15, 0.2) is 5.54 Å². The number of aryl methyl sites for hydroxylation is 1. The average Bonchev–Trinajstić information content (AvgIpc) is 2.82. The van der Waals surface area contributed by atoms with Gasteiger partial charge in [0.25, 0.3) is 5.91 Å². The highest BCUT2D eigenvalue weighted by Crippen LogP contribution is 2.20. The van der Waals surface area contributed by atoms with E-state index in [1.165, 1.54) is 18.2 Å². The molecule has 0 bridgehead atoms. The summed E-state index contributed by atoms with van der Waals surface area (Å²) in [6.45, 7) is 1.87. The van der Waals surface area contributed by atoms with Crippen LogP contribution < -0.4 is 5.32 Å². The Morgan fingerprint density at radius 1 is 1.47 bits per heavy atom. The SMILES string of the molecule is Cc1ccc(F)c(C(=O)NC2(C(=O)O)CCOC2)c1. The van der Waals surface area contributed by atoms with Gasteiger partial charge >= 0.3 is 5.97 Å². The second kappa shape index (κ2) is 4.97. The highest BCUT2D eigenvalue weighted by molar-refractivity contribution is 5.98. The number of hydrogen-bond donors (Lipinski definition) is 2. The van der Waals surface area contributed by atoms with Gasteiger partial charge in [-0.3, -0.25) is 4.79 Å². The van der Waals surface area contributed by atoms with Gasteiger partial charge in [-0.2, -0.15) is 0 Å². The summed E-state index contributed by atoms with van der Waals surface area (Å²) in [7, 11) is 0. The largest absolute Gasteiger partial charge is 0.479 e. The molecule has 1 unspecified atom stereocenters. The van der Waals surface area contributed by atoms with Gasteiger partial charge < -0.3 is 15.2 Å². The zero-order chi connectivity index (χ0) is 14.0. The first kappa shape index (κ1) is 13.5. The van der Waals surface area contributed by atoms with E-state index in [2.05, 4.69) is 5.32 Å². The zero-order valence-electron chi connectivity index (χ0n) is 10.4. The van der Waals surface area contributed by atoms with Gasteiger partial charge in [0.1, 0.15) is 5.82 Å². The Labute approximate surface area is 109 Å². The van der Waals surface area contributed by atoms with Crippen molar-refractivity contribution >= 4 is 11.9 Å². The Morgan fingerprint density at radius 2 is 2.21 bits per heavy atom. The predicted molar refractivity (Wildman–Crippen MR) is 64.4 cm³/mol. The summed E-state index contributed by atoms with van der Waals surface area (Å²) in [5.74, 6) is -2.59. The molecule has 1 atom stereocenters. The number of nitrogens with one attached hydrogen (secondary N) is 1. The molecule has 0 saturated carbocycles. The third-order valence-electron chi connectivity index (χ3n) is 3.15. The molecule has 1 heterocycles. The van der Waals surface area contributed by atoms with Crippen molar-refractivity contribution in [2.24, 2.45) is 0 Å². The molecule has 1 aliphatic rings. The molecule has 2 rings (SSSR count). The van der Waals surface area contributed by atoms with Crippen molar-refractivity contribution < 1.29 is 23.8 Å². The highest BCUT2D eigenvalue weighted by Gasteiger charge is 2.44. The fourth-order valence-electron chi connectivity index (χ4n) is 1.98. The standard InChI is InChI=1S/C13H14FNO4/c1-8-2-3-10(14)9(6-8)11(16)15-13(12(17)18)4-5-19-7-13/h2-3,6H,4-5,7H2,1H3,(H,15,16)(H,17,18). The summed E-state index contributed by atoms with van der Waals surface area (Å²) in [6, 6.07) is 4.11. The molecule has 102 valence electrons. The molecule has 19 heavy (non-hydrogen) atoms. The number of carbonyl (C=O) groups is 2. The minimum absolute atomic E-state index is 0.110. The molecule has 5 nitrogen and oxygen atoms in total. The van der Waals surface area contributed by atoms with Crippen molar-refractivity contribution in [2.45, 2.75) is 18.9 Å². The number of hydrogen-bond acceptors (Lipinski definition) is 3. The van der Waals surface area contributed by atoms with E-state index in [0.29, 0.717) is 0 Å². The second-order valence-corrected chi connectivity index (χ2v) is 4.63. The van der Waals surface area contributed by atoms with Gasteiger partial charge in [-0.15, -0.1) is 0 Å². The molecule has 2 N–H and O–H groups in total. The maximum absolute atomic E-state index is 13.6.